The lowest BCUT2D eigenvalue weighted by molar-refractivity contribution is 0.0386. The molecule has 4 heteroatoms. The Labute approximate surface area is 122 Å². The third kappa shape index (κ3) is 2.40. The second kappa shape index (κ2) is 5.40. The number of rotatable bonds is 3. The SMILES string of the molecule is COC(=O)c1ccccc1C[C@@H]1OC(=O)c2ccccc21. The molecule has 0 fully saturated rings. The Kier molecular flexibility index (Phi) is 3.44. The van der Waals surface area contributed by atoms with Crippen LogP contribution in [0.15, 0.2) is 48.5 Å². The molecule has 1 atom stereocenters. The van der Waals surface area contributed by atoms with Crippen LogP contribution in [0.3, 0.4) is 0 Å². The second-order valence-corrected chi connectivity index (χ2v) is 4.83. The van der Waals surface area contributed by atoms with Crippen molar-refractivity contribution in [1.82, 2.24) is 0 Å². The first-order valence-corrected chi connectivity index (χ1v) is 6.67. The summed E-state index contributed by atoms with van der Waals surface area (Å²) in [5.74, 6) is -0.700. The van der Waals surface area contributed by atoms with Crippen molar-refractivity contribution in [3.63, 3.8) is 0 Å². The summed E-state index contributed by atoms with van der Waals surface area (Å²) < 4.78 is 10.2. The molecule has 0 spiro atoms. The summed E-state index contributed by atoms with van der Waals surface area (Å²) in [6.07, 6.45) is 0.0908. The standard InChI is InChI=1S/C17H14O4/c1-20-16(18)12-7-3-2-6-11(12)10-15-13-8-4-5-9-14(13)17(19)21-15/h2-9,15H,10H2,1H3/t15-/m0/s1. The van der Waals surface area contributed by atoms with Crippen molar-refractivity contribution in [3.05, 3.63) is 70.8 Å². The smallest absolute Gasteiger partial charge is 0.339 e. The molecule has 21 heavy (non-hydrogen) atoms. The van der Waals surface area contributed by atoms with E-state index in [0.717, 1.165) is 11.1 Å². The molecule has 0 saturated heterocycles. The van der Waals surface area contributed by atoms with Gasteiger partial charge in [0.15, 0.2) is 0 Å². The van der Waals surface area contributed by atoms with E-state index in [1.54, 1.807) is 18.2 Å². The van der Waals surface area contributed by atoms with E-state index in [4.69, 9.17) is 9.47 Å². The lowest BCUT2D eigenvalue weighted by Gasteiger charge is -2.13. The Morgan fingerprint density at radius 1 is 1.14 bits per heavy atom. The fourth-order valence-corrected chi connectivity index (χ4v) is 2.58. The van der Waals surface area contributed by atoms with Gasteiger partial charge in [0.2, 0.25) is 0 Å². The molecule has 0 amide bonds. The summed E-state index contributed by atoms with van der Waals surface area (Å²) in [6.45, 7) is 0. The first-order valence-electron chi connectivity index (χ1n) is 6.67. The number of ether oxygens (including phenoxy) is 2. The first-order chi connectivity index (χ1) is 10.2. The fourth-order valence-electron chi connectivity index (χ4n) is 2.58. The zero-order valence-corrected chi connectivity index (χ0v) is 11.5. The van der Waals surface area contributed by atoms with Gasteiger partial charge in [-0.05, 0) is 17.7 Å². The number of carbonyl (C=O) groups is 2. The van der Waals surface area contributed by atoms with Gasteiger partial charge in [0.05, 0.1) is 18.2 Å². The van der Waals surface area contributed by atoms with E-state index >= 15 is 0 Å². The third-order valence-corrected chi connectivity index (χ3v) is 3.60. The maximum atomic E-state index is 11.8. The highest BCUT2D eigenvalue weighted by atomic mass is 16.5. The molecule has 3 rings (SSSR count). The Morgan fingerprint density at radius 3 is 2.67 bits per heavy atom. The highest BCUT2D eigenvalue weighted by Gasteiger charge is 2.31. The third-order valence-electron chi connectivity index (χ3n) is 3.60. The lowest BCUT2D eigenvalue weighted by Crippen LogP contribution is -2.09. The first kappa shape index (κ1) is 13.4. The maximum absolute atomic E-state index is 11.8. The van der Waals surface area contributed by atoms with E-state index in [1.807, 2.05) is 30.3 Å². The van der Waals surface area contributed by atoms with Gasteiger partial charge in [-0.15, -0.1) is 0 Å². The van der Waals surface area contributed by atoms with Crippen LogP contribution in [0, 0.1) is 0 Å². The van der Waals surface area contributed by atoms with Gasteiger partial charge in [-0.2, -0.15) is 0 Å². The predicted octanol–water partition coefficient (Wildman–Crippen LogP) is 2.93. The molecule has 0 aliphatic carbocycles. The van der Waals surface area contributed by atoms with E-state index in [9.17, 15) is 9.59 Å². The molecule has 2 aromatic carbocycles. The van der Waals surface area contributed by atoms with Crippen LogP contribution >= 0.6 is 0 Å². The van der Waals surface area contributed by atoms with Gasteiger partial charge >= 0.3 is 11.9 Å². The largest absolute Gasteiger partial charge is 0.465 e. The van der Waals surface area contributed by atoms with Crippen molar-refractivity contribution in [3.8, 4) is 0 Å². The van der Waals surface area contributed by atoms with Crippen LogP contribution in [-0.4, -0.2) is 19.0 Å². The summed E-state index contributed by atoms with van der Waals surface area (Å²) >= 11 is 0. The van der Waals surface area contributed by atoms with Crippen molar-refractivity contribution in [2.75, 3.05) is 7.11 Å². The van der Waals surface area contributed by atoms with Crippen molar-refractivity contribution in [1.29, 1.82) is 0 Å². The number of benzene rings is 2. The molecule has 0 bridgehead atoms. The van der Waals surface area contributed by atoms with Crippen LogP contribution in [0.4, 0.5) is 0 Å². The Balaban J connectivity index is 1.93. The van der Waals surface area contributed by atoms with Crippen molar-refractivity contribution in [2.24, 2.45) is 0 Å². The Morgan fingerprint density at radius 2 is 1.86 bits per heavy atom. The molecule has 2 aromatic rings. The molecule has 0 radical (unpaired) electrons. The molecule has 4 nitrogen and oxygen atoms in total. The molecule has 0 unspecified atom stereocenters. The van der Waals surface area contributed by atoms with E-state index in [-0.39, 0.29) is 18.0 Å². The number of cyclic esters (lactones) is 1. The molecule has 0 N–H and O–H groups in total. The molecule has 0 saturated carbocycles. The zero-order valence-electron chi connectivity index (χ0n) is 11.5. The van der Waals surface area contributed by atoms with Crippen LogP contribution in [-0.2, 0) is 15.9 Å². The number of fused-ring (bicyclic) bond motifs is 1. The van der Waals surface area contributed by atoms with E-state index in [1.165, 1.54) is 7.11 Å². The Hall–Kier alpha value is -2.62. The minimum absolute atomic E-state index is 0.314. The van der Waals surface area contributed by atoms with E-state index in [2.05, 4.69) is 0 Å². The summed E-state index contributed by atoms with van der Waals surface area (Å²) in [5.41, 5.74) is 2.76. The van der Waals surface area contributed by atoms with Gasteiger partial charge in [0.1, 0.15) is 6.10 Å². The highest BCUT2D eigenvalue weighted by molar-refractivity contribution is 5.94. The van der Waals surface area contributed by atoms with E-state index in [0.29, 0.717) is 17.5 Å². The summed E-state index contributed by atoms with van der Waals surface area (Å²) in [7, 11) is 1.35. The van der Waals surface area contributed by atoms with Crippen molar-refractivity contribution in [2.45, 2.75) is 12.5 Å². The Bertz CT molecular complexity index is 705. The summed E-state index contributed by atoms with van der Waals surface area (Å²) in [6, 6.07) is 14.5. The van der Waals surface area contributed by atoms with Crippen LogP contribution in [0.25, 0.3) is 0 Å². The monoisotopic (exact) mass is 282 g/mol. The van der Waals surface area contributed by atoms with E-state index < -0.39 is 0 Å². The molecule has 106 valence electrons. The van der Waals surface area contributed by atoms with Crippen LogP contribution < -0.4 is 0 Å². The van der Waals surface area contributed by atoms with Gasteiger partial charge in [0.25, 0.3) is 0 Å². The van der Waals surface area contributed by atoms with Crippen LogP contribution in [0.1, 0.15) is 37.9 Å². The normalized spacial score (nSPS) is 16.2. The summed E-state index contributed by atoms with van der Waals surface area (Å²) in [5, 5.41) is 0. The van der Waals surface area contributed by atoms with Gasteiger partial charge in [-0.1, -0.05) is 36.4 Å². The van der Waals surface area contributed by atoms with Crippen molar-refractivity contribution < 1.29 is 19.1 Å². The molecular formula is C17H14O4. The molecule has 1 aliphatic heterocycles. The average Bonchev–Trinajstić information content (AvgIpc) is 2.84. The topological polar surface area (TPSA) is 52.6 Å². The lowest BCUT2D eigenvalue weighted by atomic mass is 9.96. The second-order valence-electron chi connectivity index (χ2n) is 4.83. The van der Waals surface area contributed by atoms with Gasteiger partial charge in [-0.25, -0.2) is 9.59 Å². The number of methoxy groups -OCH3 is 1. The minimum atomic E-state index is -0.386. The number of esters is 2. The molecule has 1 heterocycles. The number of hydrogen-bond donors (Lipinski definition) is 0. The highest BCUT2D eigenvalue weighted by Crippen LogP contribution is 2.33. The molecular weight excluding hydrogens is 268 g/mol. The molecule has 1 aliphatic rings. The van der Waals surface area contributed by atoms with Gasteiger partial charge in [-0.3, -0.25) is 0 Å². The quantitative estimate of drug-likeness (QED) is 0.812. The van der Waals surface area contributed by atoms with Gasteiger partial charge in [0, 0.05) is 12.0 Å². The number of carbonyl (C=O) groups excluding carboxylic acids is 2. The number of hydrogen-bond acceptors (Lipinski definition) is 4. The predicted molar refractivity (Wildman–Crippen MR) is 76.1 cm³/mol. The van der Waals surface area contributed by atoms with Crippen LogP contribution in [0.2, 0.25) is 0 Å². The summed E-state index contributed by atoms with van der Waals surface area (Å²) in [4.78, 5) is 23.6. The minimum Gasteiger partial charge on any atom is -0.465 e. The average molecular weight is 282 g/mol. The molecule has 0 aromatic heterocycles. The maximum Gasteiger partial charge on any atom is 0.339 e. The fraction of sp³-hybridized carbons (Fsp3) is 0.176. The zero-order chi connectivity index (χ0) is 14.8. The van der Waals surface area contributed by atoms with Crippen LogP contribution in [0.5, 0.6) is 0 Å². The van der Waals surface area contributed by atoms with Gasteiger partial charge < -0.3 is 9.47 Å². The van der Waals surface area contributed by atoms with Crippen molar-refractivity contribution >= 4 is 11.9 Å².